The Balaban J connectivity index is 1.95. The van der Waals surface area contributed by atoms with Crippen molar-refractivity contribution in [2.75, 3.05) is 20.1 Å². The maximum atomic E-state index is 5.27. The molecule has 1 aliphatic carbocycles. The van der Waals surface area contributed by atoms with E-state index in [1.54, 1.807) is 0 Å². The fraction of sp³-hybridized carbons (Fsp3) is 0.833. The molecule has 0 radical (unpaired) electrons. The number of hydrogen-bond acceptors (Lipinski definition) is 2. The van der Waals surface area contributed by atoms with Gasteiger partial charge >= 0.3 is 0 Å². The van der Waals surface area contributed by atoms with Crippen LogP contribution in [-0.2, 0) is 0 Å². The molecule has 1 aliphatic rings. The van der Waals surface area contributed by atoms with Crippen LogP contribution in [0.1, 0.15) is 32.6 Å². The predicted molar refractivity (Wildman–Crippen MR) is 61.2 cm³/mol. The summed E-state index contributed by atoms with van der Waals surface area (Å²) < 4.78 is 0. The Labute approximate surface area is 88.1 Å². The molecule has 0 spiro atoms. The normalized spacial score (nSPS) is 18.1. The molecule has 0 aliphatic heterocycles. The highest BCUT2D eigenvalue weighted by Crippen LogP contribution is 2.18. The molecule has 0 amide bonds. The van der Waals surface area contributed by atoms with Crippen molar-refractivity contribution < 1.29 is 0 Å². The molecular weight excluding hydrogens is 172 g/mol. The molecule has 1 saturated carbocycles. The number of hydrogen-bond donors (Lipinski definition) is 1. The summed E-state index contributed by atoms with van der Waals surface area (Å²) in [5.74, 6) is 2.68. The van der Waals surface area contributed by atoms with E-state index in [9.17, 15) is 0 Å². The van der Waals surface area contributed by atoms with Gasteiger partial charge in [-0.05, 0) is 46.2 Å². The first-order valence-electron chi connectivity index (χ1n) is 5.61. The average molecular weight is 194 g/mol. The van der Waals surface area contributed by atoms with Gasteiger partial charge in [-0.15, -0.1) is 6.42 Å². The number of nitrogens with zero attached hydrogens (tertiary/aromatic N) is 1. The summed E-state index contributed by atoms with van der Waals surface area (Å²) >= 11 is 0. The average Bonchev–Trinajstić information content (AvgIpc) is 2.96. The fourth-order valence-electron chi connectivity index (χ4n) is 1.51. The van der Waals surface area contributed by atoms with Crippen molar-refractivity contribution in [1.29, 1.82) is 0 Å². The molecule has 2 nitrogen and oxygen atoms in total. The third kappa shape index (κ3) is 4.64. The second-order valence-corrected chi connectivity index (χ2v) is 4.34. The third-order valence-corrected chi connectivity index (χ3v) is 2.90. The summed E-state index contributed by atoms with van der Waals surface area (Å²) in [5, 5.41) is 3.52. The lowest BCUT2D eigenvalue weighted by Gasteiger charge is -2.22. The van der Waals surface area contributed by atoms with Gasteiger partial charge in [0.05, 0.1) is 6.54 Å². The third-order valence-electron chi connectivity index (χ3n) is 2.90. The minimum atomic E-state index is 0.604. The highest BCUT2D eigenvalue weighted by molar-refractivity contribution is 4.88. The molecule has 1 rings (SSSR count). The van der Waals surface area contributed by atoms with E-state index in [1.165, 1.54) is 32.2 Å². The molecule has 2 heteroatoms. The standard InChI is InChI=1S/C12H22N2/c1-4-10-14(3)11(2)6-5-9-13-12-7-8-12/h1,11-13H,5-10H2,2-3H3. The summed E-state index contributed by atoms with van der Waals surface area (Å²) in [7, 11) is 2.10. The second-order valence-electron chi connectivity index (χ2n) is 4.34. The van der Waals surface area contributed by atoms with Gasteiger partial charge in [-0.3, -0.25) is 4.90 Å². The van der Waals surface area contributed by atoms with Crippen LogP contribution in [0.3, 0.4) is 0 Å². The highest BCUT2D eigenvalue weighted by Gasteiger charge is 2.19. The molecule has 14 heavy (non-hydrogen) atoms. The molecule has 0 aromatic heterocycles. The Bertz CT molecular complexity index is 191. The molecule has 0 aromatic rings. The fourth-order valence-corrected chi connectivity index (χ4v) is 1.51. The first-order chi connectivity index (χ1) is 6.74. The molecule has 80 valence electrons. The monoisotopic (exact) mass is 194 g/mol. The van der Waals surface area contributed by atoms with E-state index in [1.807, 2.05) is 0 Å². The number of nitrogens with one attached hydrogen (secondary N) is 1. The lowest BCUT2D eigenvalue weighted by molar-refractivity contribution is 0.270. The minimum Gasteiger partial charge on any atom is -0.314 e. The summed E-state index contributed by atoms with van der Waals surface area (Å²) in [5.41, 5.74) is 0. The predicted octanol–water partition coefficient (Wildman–Crippen LogP) is 1.47. The van der Waals surface area contributed by atoms with Crippen molar-refractivity contribution in [2.45, 2.75) is 44.7 Å². The van der Waals surface area contributed by atoms with Crippen molar-refractivity contribution in [3.63, 3.8) is 0 Å². The van der Waals surface area contributed by atoms with Crippen molar-refractivity contribution in [3.05, 3.63) is 0 Å². The van der Waals surface area contributed by atoms with Crippen LogP contribution in [0.2, 0.25) is 0 Å². The van der Waals surface area contributed by atoms with Gasteiger partial charge in [-0.25, -0.2) is 0 Å². The van der Waals surface area contributed by atoms with E-state index in [-0.39, 0.29) is 0 Å². The van der Waals surface area contributed by atoms with Gasteiger partial charge in [0.15, 0.2) is 0 Å². The molecule has 0 aromatic carbocycles. The van der Waals surface area contributed by atoms with Crippen LogP contribution in [0.25, 0.3) is 0 Å². The zero-order chi connectivity index (χ0) is 10.4. The Hall–Kier alpha value is -0.520. The van der Waals surface area contributed by atoms with E-state index in [0.717, 1.165) is 12.6 Å². The minimum absolute atomic E-state index is 0.604. The van der Waals surface area contributed by atoms with Gasteiger partial charge in [-0.2, -0.15) is 0 Å². The molecule has 1 fully saturated rings. The highest BCUT2D eigenvalue weighted by atomic mass is 15.1. The number of terminal acetylenes is 1. The molecule has 1 atom stereocenters. The zero-order valence-corrected chi connectivity index (χ0v) is 9.42. The molecule has 1 unspecified atom stereocenters. The van der Waals surface area contributed by atoms with E-state index < -0.39 is 0 Å². The topological polar surface area (TPSA) is 15.3 Å². The Morgan fingerprint density at radius 2 is 2.29 bits per heavy atom. The van der Waals surface area contributed by atoms with Crippen LogP contribution >= 0.6 is 0 Å². The van der Waals surface area contributed by atoms with Gasteiger partial charge in [0.25, 0.3) is 0 Å². The maximum absolute atomic E-state index is 5.27. The molecular formula is C12H22N2. The molecule has 0 heterocycles. The van der Waals surface area contributed by atoms with Crippen LogP contribution in [0.4, 0.5) is 0 Å². The quantitative estimate of drug-likeness (QED) is 0.488. The summed E-state index contributed by atoms with van der Waals surface area (Å²) in [6.07, 6.45) is 10.5. The van der Waals surface area contributed by atoms with Crippen molar-refractivity contribution in [1.82, 2.24) is 10.2 Å². The summed E-state index contributed by atoms with van der Waals surface area (Å²) in [6, 6.07) is 1.45. The van der Waals surface area contributed by atoms with Gasteiger partial charge in [0, 0.05) is 12.1 Å². The lowest BCUT2D eigenvalue weighted by atomic mass is 10.1. The van der Waals surface area contributed by atoms with Gasteiger partial charge in [0.2, 0.25) is 0 Å². The Morgan fingerprint density at radius 1 is 1.57 bits per heavy atom. The van der Waals surface area contributed by atoms with Gasteiger partial charge in [0.1, 0.15) is 0 Å². The van der Waals surface area contributed by atoms with Crippen LogP contribution in [-0.4, -0.2) is 37.1 Å². The van der Waals surface area contributed by atoms with Crippen LogP contribution in [0.15, 0.2) is 0 Å². The smallest absolute Gasteiger partial charge is 0.0598 e. The first-order valence-corrected chi connectivity index (χ1v) is 5.61. The Morgan fingerprint density at radius 3 is 2.86 bits per heavy atom. The SMILES string of the molecule is C#CCN(C)C(C)CCCNC1CC1. The second kappa shape index (κ2) is 6.06. The van der Waals surface area contributed by atoms with Crippen molar-refractivity contribution >= 4 is 0 Å². The van der Waals surface area contributed by atoms with Crippen molar-refractivity contribution in [3.8, 4) is 12.3 Å². The van der Waals surface area contributed by atoms with E-state index in [2.05, 4.69) is 30.1 Å². The van der Waals surface area contributed by atoms with E-state index in [0.29, 0.717) is 6.04 Å². The first kappa shape index (κ1) is 11.6. The maximum Gasteiger partial charge on any atom is 0.0598 e. The number of rotatable bonds is 7. The summed E-state index contributed by atoms with van der Waals surface area (Å²) in [6.45, 7) is 4.17. The van der Waals surface area contributed by atoms with E-state index >= 15 is 0 Å². The molecule has 0 saturated heterocycles. The largest absolute Gasteiger partial charge is 0.314 e. The zero-order valence-electron chi connectivity index (χ0n) is 9.42. The van der Waals surface area contributed by atoms with Crippen LogP contribution in [0, 0.1) is 12.3 Å². The van der Waals surface area contributed by atoms with Gasteiger partial charge in [-0.1, -0.05) is 5.92 Å². The summed E-state index contributed by atoms with van der Waals surface area (Å²) in [4.78, 5) is 2.23. The van der Waals surface area contributed by atoms with Crippen LogP contribution < -0.4 is 5.32 Å². The van der Waals surface area contributed by atoms with E-state index in [4.69, 9.17) is 6.42 Å². The molecule has 0 bridgehead atoms. The lowest BCUT2D eigenvalue weighted by Crippen LogP contribution is -2.30. The Kier molecular flexibility index (Phi) is 5.00. The van der Waals surface area contributed by atoms with Gasteiger partial charge < -0.3 is 5.32 Å². The molecule has 1 N–H and O–H groups in total. The van der Waals surface area contributed by atoms with Crippen molar-refractivity contribution in [2.24, 2.45) is 0 Å². The van der Waals surface area contributed by atoms with Crippen LogP contribution in [0.5, 0.6) is 0 Å².